The number of rotatable bonds is 36. The number of methoxy groups -OCH3 is 5. The summed E-state index contributed by atoms with van der Waals surface area (Å²) in [5, 5.41) is 43.3. The normalized spacial score (nSPS) is 20.5. The number of carbonyl (C=O) groups is 2. The number of aliphatic hydroxyl groups is 2. The fourth-order valence-electron chi connectivity index (χ4n) is 15.8. The minimum atomic E-state index is -3.71. The van der Waals surface area contributed by atoms with Crippen molar-refractivity contribution in [3.8, 4) is 35.2 Å². The molecule has 6 saturated carbocycles. The molecule has 2 atom stereocenters. The summed E-state index contributed by atoms with van der Waals surface area (Å²) < 4.78 is 173. The zero-order valence-corrected chi connectivity index (χ0v) is 79.0. The molecule has 4 heterocycles. The average molecular weight is 1850 g/mol. The Bertz CT molecular complexity index is 5240. The van der Waals surface area contributed by atoms with Crippen LogP contribution in [0.15, 0.2) is 103 Å². The van der Waals surface area contributed by atoms with Crippen molar-refractivity contribution in [2.75, 3.05) is 74.9 Å². The van der Waals surface area contributed by atoms with Crippen LogP contribution in [0.2, 0.25) is 0 Å². The number of hydrogen-bond donors (Lipinski definition) is 5. The number of benzene rings is 2. The van der Waals surface area contributed by atoms with Crippen LogP contribution in [-0.2, 0) is 30.1 Å². The second-order valence-electron chi connectivity index (χ2n) is 36.0. The Morgan fingerprint density at radius 3 is 1.43 bits per heavy atom. The number of anilines is 3. The molecule has 129 heavy (non-hydrogen) atoms. The van der Waals surface area contributed by atoms with Crippen LogP contribution < -0.4 is 37.9 Å². The Kier molecular flexibility index (Phi) is 38.4. The molecule has 6 aliphatic rings. The van der Waals surface area contributed by atoms with Gasteiger partial charge >= 0.3 is 0 Å². The molecule has 25 nitrogen and oxygen atoms in total. The Balaban J connectivity index is 0.000000199. The van der Waals surface area contributed by atoms with E-state index >= 15 is 0 Å². The first-order valence-corrected chi connectivity index (χ1v) is 49.2. The molecule has 12 rings (SSSR count). The number of nitrogens with one attached hydrogen (secondary N) is 3. The summed E-state index contributed by atoms with van der Waals surface area (Å²) in [6, 6.07) is 22.1. The summed E-state index contributed by atoms with van der Waals surface area (Å²) >= 11 is 0. The zero-order valence-electron chi connectivity index (χ0n) is 76.6. The Morgan fingerprint density at radius 2 is 0.992 bits per heavy atom. The second-order valence-corrected chi connectivity index (χ2v) is 41.4. The summed E-state index contributed by atoms with van der Waals surface area (Å²) in [7, 11) is -2.74. The molecule has 0 amide bonds. The average Bonchev–Trinajstić information content (AvgIpc) is 1.60. The molecule has 4 aromatic heterocycles. The van der Waals surface area contributed by atoms with Crippen LogP contribution in [0.1, 0.15) is 250 Å². The van der Waals surface area contributed by atoms with Crippen molar-refractivity contribution < 1.29 is 90.7 Å². The van der Waals surface area contributed by atoms with Gasteiger partial charge in [-0.3, -0.25) is 23.8 Å². The van der Waals surface area contributed by atoms with Gasteiger partial charge in [-0.1, -0.05) is 117 Å². The molecule has 2 unspecified atom stereocenters. The number of aliphatic hydroxyl groups excluding tert-OH is 2. The van der Waals surface area contributed by atoms with Crippen molar-refractivity contribution in [2.45, 2.75) is 219 Å². The third-order valence-corrected chi connectivity index (χ3v) is 28.4. The molecule has 5 N–H and O–H groups in total. The highest BCUT2D eigenvalue weighted by atomic mass is 32.2. The van der Waals surface area contributed by atoms with Crippen LogP contribution in [0, 0.1) is 76.4 Å². The summed E-state index contributed by atoms with van der Waals surface area (Å²) in [6.07, 6.45) is 39.8. The third kappa shape index (κ3) is 34.2. The topological polar surface area (TPSA) is 360 Å². The number of hydrogen-bond acceptors (Lipinski definition) is 22. The van der Waals surface area contributed by atoms with Gasteiger partial charge in [-0.25, -0.2) is 57.2 Å². The van der Waals surface area contributed by atoms with Crippen LogP contribution in [0.25, 0.3) is 36.5 Å². The van der Waals surface area contributed by atoms with Crippen molar-refractivity contribution in [2.24, 2.45) is 58.2 Å². The van der Waals surface area contributed by atoms with Crippen molar-refractivity contribution in [3.63, 3.8) is 0 Å². The van der Waals surface area contributed by atoms with E-state index < -0.39 is 64.8 Å². The van der Waals surface area contributed by atoms with Gasteiger partial charge in [0.1, 0.15) is 34.4 Å². The maximum Gasteiger partial charge on any atom is 0.248 e. The summed E-state index contributed by atoms with van der Waals surface area (Å²) in [5.74, 6) is -3.11. The monoisotopic (exact) mass is 1850 g/mol. The molecule has 33 heteroatoms. The number of ketones is 2. The molecule has 0 radical (unpaired) electrons. The molecule has 6 fully saturated rings. The quantitative estimate of drug-likeness (QED) is 0.0139. The number of allylic oxidation sites excluding steroid dienone is 4. The number of pyridine rings is 2. The van der Waals surface area contributed by atoms with Crippen LogP contribution in [0.5, 0.6) is 29.1 Å². The van der Waals surface area contributed by atoms with Crippen LogP contribution >= 0.6 is 0 Å². The molecule has 6 aromatic rings. The highest BCUT2D eigenvalue weighted by Gasteiger charge is 2.52. The van der Waals surface area contributed by atoms with E-state index in [1.807, 2.05) is 93.7 Å². The number of aryl methyl sites for hydroxylation is 1. The van der Waals surface area contributed by atoms with E-state index in [4.69, 9.17) is 28.9 Å². The lowest BCUT2D eigenvalue weighted by Crippen LogP contribution is -2.28. The number of aromatic nitrogens is 6. The molecular formula is C96H129F5N10O15S3. The SMILES string of the molecule is CCC(CO)CC(=O)c1cc(/C=C/C2CC3(CC3)C2)c(OC)nn1.CCC(CO)CC(=O)c1cc(/C=C/C2CCC(C(C)(F)F)CC2)c(OC)nn1.COc1ccc(NS(=O)(=O)C2CC2)cc1/C=C/c1ccc(C)cc1.COc1cnc(NS(C)(=O)=O)cc1/C=C/C1CCC(C(C)(F)F)CC1.COc1ncc(NS(=O)(=O)CC(C)(C)C#N)cc1/C=C/C1CCC(C)(F)CC1. The van der Waals surface area contributed by atoms with Crippen molar-refractivity contribution in [3.05, 3.63) is 154 Å². The van der Waals surface area contributed by atoms with Gasteiger partial charge in [0.15, 0.2) is 11.6 Å². The number of halogens is 5. The Morgan fingerprint density at radius 1 is 0.535 bits per heavy atom. The van der Waals surface area contributed by atoms with Gasteiger partial charge in [-0.2, -0.15) is 5.26 Å². The smallest absolute Gasteiger partial charge is 0.248 e. The number of Topliss-reactive ketones (excluding diaryl/α,β-unsaturated/α-hetero) is 2. The number of sulfonamides is 3. The summed E-state index contributed by atoms with van der Waals surface area (Å²) in [5.41, 5.74) is 5.90. The highest BCUT2D eigenvalue weighted by Crippen LogP contribution is 2.63. The number of carbonyl (C=O) groups excluding carboxylic acids is 2. The zero-order chi connectivity index (χ0) is 94.7. The molecule has 0 bridgehead atoms. The maximum atomic E-state index is 13.9. The lowest BCUT2D eigenvalue weighted by atomic mass is 9.72. The van der Waals surface area contributed by atoms with E-state index in [9.17, 15) is 67.0 Å². The van der Waals surface area contributed by atoms with E-state index in [1.165, 1.54) is 65.0 Å². The Labute approximate surface area is 758 Å². The molecule has 6 aliphatic carbocycles. The molecule has 0 aliphatic heterocycles. The van der Waals surface area contributed by atoms with E-state index in [1.54, 1.807) is 77.5 Å². The number of nitriles is 1. The molecule has 706 valence electrons. The number of alkyl halides is 5. The van der Waals surface area contributed by atoms with E-state index in [0.29, 0.717) is 151 Å². The first kappa shape index (κ1) is 105. The number of ether oxygens (including phenoxy) is 5. The predicted molar refractivity (Wildman–Crippen MR) is 496 cm³/mol. The van der Waals surface area contributed by atoms with E-state index in [2.05, 4.69) is 62.7 Å². The van der Waals surface area contributed by atoms with Crippen LogP contribution in [0.4, 0.5) is 39.1 Å². The van der Waals surface area contributed by atoms with E-state index in [0.717, 1.165) is 68.9 Å². The maximum absolute atomic E-state index is 13.9. The minimum absolute atomic E-state index is 0.0159. The summed E-state index contributed by atoms with van der Waals surface area (Å²) in [6.45, 7) is 12.7. The van der Waals surface area contributed by atoms with Crippen molar-refractivity contribution in [1.82, 2.24) is 30.4 Å². The van der Waals surface area contributed by atoms with Crippen LogP contribution in [0.3, 0.4) is 0 Å². The lowest BCUT2D eigenvalue weighted by Gasteiger charge is -2.33. The third-order valence-electron chi connectivity index (χ3n) is 24.3. The predicted octanol–water partition coefficient (Wildman–Crippen LogP) is 20.2. The molecule has 2 aromatic carbocycles. The van der Waals surface area contributed by atoms with Crippen molar-refractivity contribution >= 4 is 95.3 Å². The number of nitrogens with zero attached hydrogens (tertiary/aromatic N) is 7. The van der Waals surface area contributed by atoms with Gasteiger partial charge in [-0.05, 0) is 246 Å². The summed E-state index contributed by atoms with van der Waals surface area (Å²) in [4.78, 5) is 32.9. The standard InChI is InChI=1S/C21H30F2N2O3.C20H28FN3O3S.C19H26N2O3.C19H21NO3S.C17H24F2N2O3S/c1-4-14(13-26)11-19(27)18-12-16(20(28-3)25-24-18)8-5-15-6-9-17(10-7-15)21(2,22)23;1-19(2,13-22)14-28(25,26)24-17-11-16(18(27-4)23-12-17)6-5-15-7-9-20(3,21)10-8-15;1-3-13(12-22)8-17(23)16-9-15(18(24-2)21-20-16)5-4-14-10-19(11-14)6-7-19;1-14-3-5-15(6-4-14)7-8-16-13-17(9-12-19(16)23-2)20-24(21,22)18-10-11-18;1-17(18,19)14-8-5-12(6-9-14)4-7-13-10-16(21-25(3,22)23)20-11-15(13)24-2/h5,8,12,14-15,17,26H,4,6-7,9-11,13H2,1-3H3;5-6,11-12,15,24H,7-10,14H2,1-4H3;4-5,9,13-14,22H,3,6-8,10-12H2,1-2H3;3-9,12-13,18,20H,10-11H2,1-2H3;4,7,10-12,14H,5-6,8-9H2,1-3H3,(H,20,21)/b8-5+;6-5+;5-4+;8-7+;7-4+. The molecule has 0 saturated heterocycles. The van der Waals surface area contributed by atoms with Crippen molar-refractivity contribution in [1.29, 1.82) is 5.26 Å². The Hall–Kier alpha value is -9.75. The largest absolute Gasteiger partial charge is 0.496 e. The van der Waals surface area contributed by atoms with Gasteiger partial charge in [0.2, 0.25) is 59.6 Å². The first-order valence-electron chi connectivity index (χ1n) is 44.1. The second kappa shape index (κ2) is 47.4. The molecule has 1 spiro atoms. The highest BCUT2D eigenvalue weighted by molar-refractivity contribution is 7.93. The van der Waals surface area contributed by atoms with Gasteiger partial charge < -0.3 is 33.9 Å². The lowest BCUT2D eigenvalue weighted by molar-refractivity contribution is -0.0563. The van der Waals surface area contributed by atoms with Gasteiger partial charge in [0.25, 0.3) is 0 Å². The van der Waals surface area contributed by atoms with Gasteiger partial charge in [0.05, 0.1) is 82.4 Å². The fourth-order valence-corrected chi connectivity index (χ4v) is 19.2. The molecular weight excluding hydrogens is 1720 g/mol. The van der Waals surface area contributed by atoms with Gasteiger partial charge in [0, 0.05) is 71.4 Å². The first-order chi connectivity index (χ1) is 60.9. The van der Waals surface area contributed by atoms with Gasteiger partial charge in [-0.15, -0.1) is 20.4 Å². The van der Waals surface area contributed by atoms with Crippen LogP contribution in [-0.4, -0.2) is 161 Å². The minimum Gasteiger partial charge on any atom is -0.496 e. The van der Waals surface area contributed by atoms with E-state index in [-0.39, 0.29) is 83.3 Å². The fraction of sp³-hybridized carbons (Fsp3) is 0.552.